The SMILES string of the molecule is CCCCCCCCCCCOC(=O)CCCC(CN(CCCN)CC(CCCCCC(=O)OC(CCCCCCCC)CCCCCCCC)O[Si](C)(C)C(C)(C)C)O[Si](C)(C)C(C)(C)C. The Kier molecular flexibility index (Phi) is 39.3. The fourth-order valence-electron chi connectivity index (χ4n) is 8.48. The molecule has 2 unspecified atom stereocenters. The Morgan fingerprint density at radius 2 is 0.821 bits per heavy atom. The summed E-state index contributed by atoms with van der Waals surface area (Å²) in [7, 11) is -4.18. The molecular formula is C57H118N2O6Si2. The fourth-order valence-corrected chi connectivity index (χ4v) is 11.2. The fraction of sp³-hybridized carbons (Fsp3) is 0.965. The van der Waals surface area contributed by atoms with Crippen LogP contribution in [0.15, 0.2) is 0 Å². The van der Waals surface area contributed by atoms with Crippen molar-refractivity contribution in [3.8, 4) is 0 Å². The monoisotopic (exact) mass is 983 g/mol. The van der Waals surface area contributed by atoms with Crippen LogP contribution >= 0.6 is 0 Å². The van der Waals surface area contributed by atoms with E-state index < -0.39 is 16.6 Å². The molecule has 10 heteroatoms. The van der Waals surface area contributed by atoms with E-state index in [1.165, 1.54) is 109 Å². The molecule has 400 valence electrons. The number of carbonyl (C=O) groups excluding carboxylic acids is 2. The van der Waals surface area contributed by atoms with Gasteiger partial charge in [0.05, 0.1) is 18.8 Å². The van der Waals surface area contributed by atoms with Crippen molar-refractivity contribution >= 4 is 28.6 Å². The van der Waals surface area contributed by atoms with Crippen molar-refractivity contribution in [2.45, 2.75) is 322 Å². The molecule has 2 atom stereocenters. The molecule has 0 aliphatic carbocycles. The lowest BCUT2D eigenvalue weighted by atomic mass is 10.0. The Morgan fingerprint density at radius 3 is 1.24 bits per heavy atom. The molecule has 0 rings (SSSR count). The second-order valence-electron chi connectivity index (χ2n) is 23.7. The van der Waals surface area contributed by atoms with Gasteiger partial charge in [-0.2, -0.15) is 0 Å². The van der Waals surface area contributed by atoms with Crippen LogP contribution in [-0.4, -0.2) is 84.6 Å². The van der Waals surface area contributed by atoms with Crippen LogP contribution in [0.3, 0.4) is 0 Å². The number of unbranched alkanes of at least 4 members (excludes halogenated alkanes) is 20. The third-order valence-electron chi connectivity index (χ3n) is 15.0. The maximum atomic E-state index is 13.2. The lowest BCUT2D eigenvalue weighted by Gasteiger charge is -2.42. The van der Waals surface area contributed by atoms with Gasteiger partial charge in [0.1, 0.15) is 6.10 Å². The van der Waals surface area contributed by atoms with Gasteiger partial charge in [0.15, 0.2) is 16.6 Å². The number of nitrogens with two attached hydrogens (primary N) is 1. The largest absolute Gasteiger partial charge is 0.466 e. The first-order chi connectivity index (χ1) is 31.7. The highest BCUT2D eigenvalue weighted by Crippen LogP contribution is 2.39. The highest BCUT2D eigenvalue weighted by atomic mass is 28.4. The first kappa shape index (κ1) is 66.2. The zero-order chi connectivity index (χ0) is 50.5. The van der Waals surface area contributed by atoms with Crippen LogP contribution in [-0.2, 0) is 27.9 Å². The van der Waals surface area contributed by atoms with E-state index in [0.717, 1.165) is 103 Å². The normalized spacial score (nSPS) is 13.7. The summed E-state index contributed by atoms with van der Waals surface area (Å²) in [6.45, 7) is 33.8. The van der Waals surface area contributed by atoms with Gasteiger partial charge in [-0.1, -0.05) is 191 Å². The molecule has 8 nitrogen and oxygen atoms in total. The molecule has 0 spiro atoms. The van der Waals surface area contributed by atoms with E-state index >= 15 is 0 Å². The van der Waals surface area contributed by atoms with Gasteiger partial charge in [-0.15, -0.1) is 0 Å². The zero-order valence-corrected chi connectivity index (χ0v) is 49.4. The van der Waals surface area contributed by atoms with E-state index in [2.05, 4.69) is 93.4 Å². The van der Waals surface area contributed by atoms with Crippen molar-refractivity contribution in [1.29, 1.82) is 0 Å². The van der Waals surface area contributed by atoms with Gasteiger partial charge < -0.3 is 24.1 Å². The average molecular weight is 984 g/mol. The highest BCUT2D eigenvalue weighted by molar-refractivity contribution is 6.74. The number of hydrogen-bond acceptors (Lipinski definition) is 8. The minimum Gasteiger partial charge on any atom is -0.466 e. The van der Waals surface area contributed by atoms with E-state index in [1.807, 2.05) is 0 Å². The maximum absolute atomic E-state index is 13.2. The third kappa shape index (κ3) is 35.9. The molecule has 0 saturated heterocycles. The van der Waals surface area contributed by atoms with Crippen LogP contribution in [0.25, 0.3) is 0 Å². The summed E-state index contributed by atoms with van der Waals surface area (Å²) in [6, 6.07) is 0. The molecular weight excluding hydrogens is 865 g/mol. The van der Waals surface area contributed by atoms with Gasteiger partial charge in [-0.3, -0.25) is 14.5 Å². The molecule has 0 bridgehead atoms. The van der Waals surface area contributed by atoms with E-state index in [-0.39, 0.29) is 40.3 Å². The topological polar surface area (TPSA) is 100 Å². The predicted octanol–water partition coefficient (Wildman–Crippen LogP) is 17.0. The van der Waals surface area contributed by atoms with Crippen LogP contribution in [0.4, 0.5) is 0 Å². The summed E-state index contributed by atoms with van der Waals surface area (Å²) < 4.78 is 26.3. The van der Waals surface area contributed by atoms with Crippen molar-refractivity contribution < 1.29 is 27.9 Å². The Labute approximate surface area is 420 Å². The molecule has 0 aromatic rings. The van der Waals surface area contributed by atoms with Crippen molar-refractivity contribution in [3.05, 3.63) is 0 Å². The molecule has 0 amide bonds. The zero-order valence-electron chi connectivity index (χ0n) is 47.4. The Balaban J connectivity index is 5.65. The van der Waals surface area contributed by atoms with Crippen molar-refractivity contribution in [3.63, 3.8) is 0 Å². The van der Waals surface area contributed by atoms with Gasteiger partial charge >= 0.3 is 11.9 Å². The second-order valence-corrected chi connectivity index (χ2v) is 33.2. The van der Waals surface area contributed by atoms with Gasteiger partial charge in [0.2, 0.25) is 0 Å². The molecule has 0 saturated carbocycles. The average Bonchev–Trinajstić information content (AvgIpc) is 3.24. The number of ether oxygens (including phenoxy) is 2. The maximum Gasteiger partial charge on any atom is 0.306 e. The number of esters is 2. The van der Waals surface area contributed by atoms with Crippen molar-refractivity contribution in [2.24, 2.45) is 5.73 Å². The van der Waals surface area contributed by atoms with Gasteiger partial charge in [0.25, 0.3) is 0 Å². The number of nitrogens with zero attached hydrogens (tertiary/aromatic N) is 1. The molecule has 0 aliphatic rings. The molecule has 67 heavy (non-hydrogen) atoms. The van der Waals surface area contributed by atoms with Crippen LogP contribution in [0.2, 0.25) is 36.3 Å². The lowest BCUT2D eigenvalue weighted by molar-refractivity contribution is -0.150. The van der Waals surface area contributed by atoms with E-state index in [0.29, 0.717) is 26.0 Å². The van der Waals surface area contributed by atoms with Gasteiger partial charge in [-0.25, -0.2) is 0 Å². The summed E-state index contributed by atoms with van der Waals surface area (Å²) in [4.78, 5) is 28.7. The summed E-state index contributed by atoms with van der Waals surface area (Å²) in [5, 5.41) is 0.167. The van der Waals surface area contributed by atoms with Crippen molar-refractivity contribution in [1.82, 2.24) is 4.90 Å². The predicted molar refractivity (Wildman–Crippen MR) is 295 cm³/mol. The molecule has 0 aromatic carbocycles. The molecule has 2 N–H and O–H groups in total. The van der Waals surface area contributed by atoms with Crippen LogP contribution < -0.4 is 5.73 Å². The lowest BCUT2D eigenvalue weighted by Crippen LogP contribution is -2.50. The molecule has 0 heterocycles. The van der Waals surface area contributed by atoms with E-state index in [1.54, 1.807) is 0 Å². The number of carbonyl (C=O) groups is 2. The molecule has 0 aromatic heterocycles. The standard InChI is InChI=1S/C57H118N2O6Si2/c1-14-17-20-23-26-27-28-31-37-48-62-54(60)45-38-43-53(65-67(12,13)57(7,8)9)50-59(47-39-46-58)49-52(64-66(10,11)56(4,5)6)42-35-32-36-44-55(61)63-51(40-33-29-24-21-18-15-2)41-34-30-25-22-19-16-3/h51-53H,14-50,58H2,1-13H3. The Hall–Kier alpha value is -0.786. The van der Waals surface area contributed by atoms with Crippen molar-refractivity contribution in [2.75, 3.05) is 32.8 Å². The third-order valence-corrected chi connectivity index (χ3v) is 24.1. The van der Waals surface area contributed by atoms with Crippen LogP contribution in [0.1, 0.15) is 268 Å². The van der Waals surface area contributed by atoms with E-state index in [9.17, 15) is 9.59 Å². The minimum absolute atomic E-state index is 0.00858. The molecule has 0 radical (unpaired) electrons. The van der Waals surface area contributed by atoms with E-state index in [4.69, 9.17) is 24.1 Å². The molecule has 0 aliphatic heterocycles. The Bertz CT molecular complexity index is 1160. The number of rotatable bonds is 46. The summed E-state index contributed by atoms with van der Waals surface area (Å²) in [6.07, 6.45) is 35.9. The summed E-state index contributed by atoms with van der Waals surface area (Å²) in [5.41, 5.74) is 6.16. The molecule has 0 fully saturated rings. The highest BCUT2D eigenvalue weighted by Gasteiger charge is 2.41. The quantitative estimate of drug-likeness (QED) is 0.0366. The summed E-state index contributed by atoms with van der Waals surface area (Å²) in [5.74, 6) is -0.0910. The first-order valence-electron chi connectivity index (χ1n) is 28.9. The second kappa shape index (κ2) is 39.8. The van der Waals surface area contributed by atoms with Gasteiger partial charge in [0, 0.05) is 25.9 Å². The smallest absolute Gasteiger partial charge is 0.306 e. The Morgan fingerprint density at radius 1 is 0.463 bits per heavy atom. The first-order valence-corrected chi connectivity index (χ1v) is 34.7. The summed E-state index contributed by atoms with van der Waals surface area (Å²) >= 11 is 0. The van der Waals surface area contributed by atoms with Crippen LogP contribution in [0.5, 0.6) is 0 Å². The van der Waals surface area contributed by atoms with Crippen LogP contribution in [0, 0.1) is 0 Å². The number of hydrogen-bond donors (Lipinski definition) is 1. The van der Waals surface area contributed by atoms with Gasteiger partial charge in [-0.05, 0) is 114 Å². The minimum atomic E-state index is -2.10.